The number of likely N-dealkylation sites (tertiary alicyclic amines) is 2. The predicted molar refractivity (Wildman–Crippen MR) is 190 cm³/mol. The highest BCUT2D eigenvalue weighted by Gasteiger charge is 2.40. The van der Waals surface area contributed by atoms with E-state index in [1.54, 1.807) is 12.0 Å². The first-order valence-corrected chi connectivity index (χ1v) is 17.7. The number of carbonyl (C=O) groups is 1. The first-order chi connectivity index (χ1) is 22.9. The van der Waals surface area contributed by atoms with Crippen LogP contribution in [0.15, 0.2) is 60.7 Å². The molecule has 1 unspecified atom stereocenters. The fourth-order valence-corrected chi connectivity index (χ4v) is 7.68. The summed E-state index contributed by atoms with van der Waals surface area (Å²) in [4.78, 5) is 19.0. The van der Waals surface area contributed by atoms with E-state index in [9.17, 15) is 15.0 Å². The van der Waals surface area contributed by atoms with E-state index in [1.807, 2.05) is 32.9 Å². The van der Waals surface area contributed by atoms with Crippen LogP contribution in [0.5, 0.6) is 11.5 Å². The summed E-state index contributed by atoms with van der Waals surface area (Å²) in [5.74, 6) is 2.10. The molecule has 8 heteroatoms. The molecule has 1 amide bonds. The lowest BCUT2D eigenvalue weighted by Gasteiger charge is -2.46. The standard InChI is InChI=1S/C40H53N3O5/c1-6-42(37-23-35(47-5)15-16-36(37)32-12-11-31-22-34(44)14-13-30(31)21-32)24-28-7-9-29(10-8-28)33-25-41(26-33)27-40(46)17-19-43(20-18-40)38(45)48-39(2,3)4/h7-10,13-16,22-23,32-33,44,46H,6,11-12,17-21,24-27H2,1-5H3. The van der Waals surface area contributed by atoms with Crippen LogP contribution in [-0.4, -0.2) is 83.7 Å². The van der Waals surface area contributed by atoms with Gasteiger partial charge in [0.25, 0.3) is 0 Å². The van der Waals surface area contributed by atoms with Crippen LogP contribution in [0, 0.1) is 0 Å². The number of phenols is 1. The Kier molecular flexibility index (Phi) is 9.96. The number of nitrogens with zero attached hydrogens (tertiary/aromatic N) is 3. The zero-order chi connectivity index (χ0) is 34.1. The van der Waals surface area contributed by atoms with E-state index >= 15 is 0 Å². The van der Waals surface area contributed by atoms with Crippen LogP contribution in [-0.2, 0) is 24.1 Å². The van der Waals surface area contributed by atoms with Crippen LogP contribution < -0.4 is 9.64 Å². The molecule has 1 aliphatic carbocycles. The van der Waals surface area contributed by atoms with E-state index in [0.717, 1.165) is 51.2 Å². The number of aromatic hydroxyl groups is 1. The lowest BCUT2D eigenvalue weighted by atomic mass is 9.79. The van der Waals surface area contributed by atoms with Crippen molar-refractivity contribution in [2.45, 2.75) is 89.4 Å². The maximum Gasteiger partial charge on any atom is 0.410 e. The quantitative estimate of drug-likeness (QED) is 0.261. The Morgan fingerprint density at radius 2 is 1.71 bits per heavy atom. The Morgan fingerprint density at radius 1 is 0.979 bits per heavy atom. The summed E-state index contributed by atoms with van der Waals surface area (Å²) in [6.45, 7) is 13.1. The predicted octanol–water partition coefficient (Wildman–Crippen LogP) is 6.86. The molecule has 0 aromatic heterocycles. The molecular formula is C40H53N3O5. The number of carbonyl (C=O) groups excluding carboxylic acids is 1. The topological polar surface area (TPSA) is 85.7 Å². The third-order valence-electron chi connectivity index (χ3n) is 10.5. The van der Waals surface area contributed by atoms with Gasteiger partial charge in [0.05, 0.1) is 12.7 Å². The summed E-state index contributed by atoms with van der Waals surface area (Å²) in [6.07, 6.45) is 3.86. The smallest absolute Gasteiger partial charge is 0.410 e. The number of aliphatic hydroxyl groups is 1. The third kappa shape index (κ3) is 7.92. The van der Waals surface area contributed by atoms with Crippen molar-refractivity contribution in [3.05, 3.63) is 88.5 Å². The van der Waals surface area contributed by atoms with Gasteiger partial charge in [-0.15, -0.1) is 0 Å². The molecule has 2 N–H and O–H groups in total. The van der Waals surface area contributed by atoms with Crippen molar-refractivity contribution < 1.29 is 24.5 Å². The van der Waals surface area contributed by atoms with E-state index in [-0.39, 0.29) is 6.09 Å². The van der Waals surface area contributed by atoms with Crippen LogP contribution in [0.4, 0.5) is 10.5 Å². The van der Waals surface area contributed by atoms with Crippen molar-refractivity contribution >= 4 is 11.8 Å². The van der Waals surface area contributed by atoms with E-state index in [4.69, 9.17) is 9.47 Å². The Hall–Kier alpha value is -3.75. The van der Waals surface area contributed by atoms with Crippen molar-refractivity contribution in [2.24, 2.45) is 0 Å². The molecular weight excluding hydrogens is 602 g/mol. The zero-order valence-corrected chi connectivity index (χ0v) is 29.4. The van der Waals surface area contributed by atoms with Gasteiger partial charge >= 0.3 is 6.09 Å². The normalized spacial score (nSPS) is 19.7. The number of phenolic OH excluding ortho intramolecular Hbond substituents is 1. The van der Waals surface area contributed by atoms with Crippen LogP contribution in [0.2, 0.25) is 0 Å². The molecule has 8 nitrogen and oxygen atoms in total. The van der Waals surface area contributed by atoms with E-state index in [1.165, 1.54) is 33.5 Å². The SMILES string of the molecule is CCN(Cc1ccc(C2CN(CC3(O)CCN(C(=O)OC(C)(C)C)CC3)C2)cc1)c1cc(OC)ccc1C1CCc2cc(O)ccc2C1. The summed E-state index contributed by atoms with van der Waals surface area (Å²) in [5.41, 5.74) is 6.54. The number of methoxy groups -OCH3 is 1. The highest BCUT2D eigenvalue weighted by atomic mass is 16.6. The summed E-state index contributed by atoms with van der Waals surface area (Å²) >= 11 is 0. The minimum Gasteiger partial charge on any atom is -0.508 e. The molecule has 0 spiro atoms. The average Bonchev–Trinajstić information content (AvgIpc) is 3.04. The number of benzene rings is 3. The van der Waals surface area contributed by atoms with Gasteiger partial charge in [0.15, 0.2) is 0 Å². The van der Waals surface area contributed by atoms with Gasteiger partial charge in [0.1, 0.15) is 17.1 Å². The van der Waals surface area contributed by atoms with Gasteiger partial charge in [-0.1, -0.05) is 36.4 Å². The fraction of sp³-hybridized carbons (Fsp3) is 0.525. The second-order valence-corrected chi connectivity index (χ2v) is 15.2. The highest BCUT2D eigenvalue weighted by Crippen LogP contribution is 2.40. The maximum atomic E-state index is 12.4. The minimum absolute atomic E-state index is 0.291. The van der Waals surface area contributed by atoms with Gasteiger partial charge < -0.3 is 29.5 Å². The van der Waals surface area contributed by atoms with Crippen LogP contribution >= 0.6 is 0 Å². The molecule has 3 aliphatic rings. The Labute approximate surface area is 286 Å². The summed E-state index contributed by atoms with van der Waals surface area (Å²) < 4.78 is 11.2. The number of aryl methyl sites for hydroxylation is 1. The summed E-state index contributed by atoms with van der Waals surface area (Å²) in [6, 6.07) is 21.4. The molecule has 258 valence electrons. The first kappa shape index (κ1) is 34.1. The molecule has 0 bridgehead atoms. The lowest BCUT2D eigenvalue weighted by Crippen LogP contribution is -2.56. The summed E-state index contributed by atoms with van der Waals surface area (Å²) in [5, 5.41) is 21.2. The number of hydrogen-bond acceptors (Lipinski definition) is 7. The van der Waals surface area contributed by atoms with Crippen molar-refractivity contribution in [1.82, 2.24) is 9.80 Å². The molecule has 6 rings (SSSR count). The van der Waals surface area contributed by atoms with Gasteiger partial charge in [-0.25, -0.2) is 4.79 Å². The Bertz CT molecular complexity index is 1570. The summed E-state index contributed by atoms with van der Waals surface area (Å²) in [7, 11) is 1.73. The van der Waals surface area contributed by atoms with Crippen LogP contribution in [0.3, 0.4) is 0 Å². The molecule has 1 atom stereocenters. The minimum atomic E-state index is -0.764. The lowest BCUT2D eigenvalue weighted by molar-refractivity contribution is -0.0623. The Balaban J connectivity index is 1.04. The van der Waals surface area contributed by atoms with Crippen molar-refractivity contribution in [2.75, 3.05) is 51.3 Å². The molecule has 0 radical (unpaired) electrons. The van der Waals surface area contributed by atoms with Gasteiger partial charge in [0.2, 0.25) is 0 Å². The highest BCUT2D eigenvalue weighted by molar-refractivity contribution is 5.68. The molecule has 0 saturated carbocycles. The molecule has 2 saturated heterocycles. The van der Waals surface area contributed by atoms with Gasteiger partial charge in [-0.2, -0.15) is 0 Å². The number of hydrogen-bond donors (Lipinski definition) is 2. The molecule has 2 heterocycles. The van der Waals surface area contributed by atoms with E-state index < -0.39 is 11.2 Å². The molecule has 48 heavy (non-hydrogen) atoms. The monoisotopic (exact) mass is 655 g/mol. The van der Waals surface area contributed by atoms with Crippen LogP contribution in [0.1, 0.15) is 86.6 Å². The number of rotatable bonds is 9. The number of fused-ring (bicyclic) bond motifs is 1. The number of amides is 1. The fourth-order valence-electron chi connectivity index (χ4n) is 7.68. The molecule has 2 fully saturated rings. The van der Waals surface area contributed by atoms with Crippen LogP contribution in [0.25, 0.3) is 0 Å². The maximum absolute atomic E-state index is 12.4. The van der Waals surface area contributed by atoms with Crippen molar-refractivity contribution in [1.29, 1.82) is 0 Å². The second kappa shape index (κ2) is 14.0. The molecule has 2 aliphatic heterocycles. The number of ether oxygens (including phenoxy) is 2. The van der Waals surface area contributed by atoms with Crippen molar-refractivity contribution in [3.8, 4) is 11.5 Å². The first-order valence-electron chi connectivity index (χ1n) is 17.7. The Morgan fingerprint density at radius 3 is 2.38 bits per heavy atom. The van der Waals surface area contributed by atoms with Gasteiger partial charge in [0, 0.05) is 63.5 Å². The number of β-amino-alcohol motifs (C(OH)–C–C–N with tert-alkyl or cyclic N) is 1. The number of piperidine rings is 1. The number of anilines is 1. The van der Waals surface area contributed by atoms with E-state index in [0.29, 0.717) is 50.1 Å². The van der Waals surface area contributed by atoms with Gasteiger partial charge in [-0.05, 0) is 112 Å². The zero-order valence-electron chi connectivity index (χ0n) is 29.4. The molecule has 3 aromatic rings. The van der Waals surface area contributed by atoms with Crippen molar-refractivity contribution in [3.63, 3.8) is 0 Å². The second-order valence-electron chi connectivity index (χ2n) is 15.2. The largest absolute Gasteiger partial charge is 0.508 e. The molecule has 3 aromatic carbocycles. The van der Waals surface area contributed by atoms with E-state index in [2.05, 4.69) is 65.3 Å². The third-order valence-corrected chi connectivity index (χ3v) is 10.5. The average molecular weight is 656 g/mol. The van der Waals surface area contributed by atoms with Gasteiger partial charge in [-0.3, -0.25) is 4.90 Å².